The molecule has 92 valence electrons. The Balaban J connectivity index is 2.02. The maximum absolute atomic E-state index is 13.5. The third-order valence-electron chi connectivity index (χ3n) is 2.35. The highest BCUT2D eigenvalue weighted by Gasteiger charge is 2.08. The largest absolute Gasteiger partial charge is 0.347 e. The maximum atomic E-state index is 13.5. The molecule has 0 unspecified atom stereocenters. The third kappa shape index (κ3) is 3.05. The molecule has 0 radical (unpaired) electrons. The van der Waals surface area contributed by atoms with E-state index in [1.807, 2.05) is 0 Å². The van der Waals surface area contributed by atoms with E-state index in [0.29, 0.717) is 16.3 Å². The number of carbonyl (C=O) groups excluding carboxylic acids is 1. The van der Waals surface area contributed by atoms with Gasteiger partial charge in [0.05, 0.1) is 0 Å². The highest BCUT2D eigenvalue weighted by Crippen LogP contribution is 2.14. The van der Waals surface area contributed by atoms with Gasteiger partial charge in [-0.1, -0.05) is 23.7 Å². The molecule has 1 amide bonds. The van der Waals surface area contributed by atoms with Gasteiger partial charge in [0, 0.05) is 23.3 Å². The second-order valence-corrected chi connectivity index (χ2v) is 4.07. The summed E-state index contributed by atoms with van der Waals surface area (Å²) in [5.41, 5.74) is 0.676. The fraction of sp³-hybridized carbons (Fsp3) is 0.0769. The van der Waals surface area contributed by atoms with Crippen LogP contribution in [0, 0.1) is 5.82 Å². The Hall–Kier alpha value is -1.94. The van der Waals surface area contributed by atoms with E-state index in [1.165, 1.54) is 18.3 Å². The van der Waals surface area contributed by atoms with Gasteiger partial charge in [0.15, 0.2) is 0 Å². The van der Waals surface area contributed by atoms with Gasteiger partial charge in [-0.05, 0) is 24.3 Å². The quantitative estimate of drug-likeness (QED) is 0.926. The summed E-state index contributed by atoms with van der Waals surface area (Å²) in [5.74, 6) is -0.784. The molecule has 2 aromatic rings. The first-order valence-electron chi connectivity index (χ1n) is 5.30. The summed E-state index contributed by atoms with van der Waals surface area (Å²) < 4.78 is 13.5. The predicted octanol–water partition coefficient (Wildman–Crippen LogP) is 2.80. The maximum Gasteiger partial charge on any atom is 0.270 e. The molecule has 1 N–H and O–H groups in total. The molecular weight excluding hydrogens is 255 g/mol. The lowest BCUT2D eigenvalue weighted by molar-refractivity contribution is 0.0945. The van der Waals surface area contributed by atoms with Gasteiger partial charge in [-0.25, -0.2) is 4.39 Å². The normalized spacial score (nSPS) is 10.1. The number of hydrogen-bond acceptors (Lipinski definition) is 2. The zero-order valence-corrected chi connectivity index (χ0v) is 10.1. The molecule has 1 heterocycles. The number of hydrogen-bond donors (Lipinski definition) is 1. The van der Waals surface area contributed by atoms with Crippen LogP contribution in [0.4, 0.5) is 4.39 Å². The Morgan fingerprint density at radius 2 is 2.17 bits per heavy atom. The summed E-state index contributed by atoms with van der Waals surface area (Å²) in [6.07, 6.45) is 1.53. The first-order valence-corrected chi connectivity index (χ1v) is 5.68. The van der Waals surface area contributed by atoms with Crippen molar-refractivity contribution in [3.8, 4) is 0 Å². The van der Waals surface area contributed by atoms with Crippen LogP contribution in [-0.2, 0) is 6.54 Å². The standard InChI is InChI=1S/C13H10ClFN2O/c14-10-5-4-9(11(15)7-10)8-17-13(18)12-3-1-2-6-16-12/h1-7H,8H2,(H,17,18). The molecule has 2 rings (SSSR count). The fourth-order valence-electron chi connectivity index (χ4n) is 1.43. The van der Waals surface area contributed by atoms with Crippen LogP contribution in [0.3, 0.4) is 0 Å². The fourth-order valence-corrected chi connectivity index (χ4v) is 1.59. The van der Waals surface area contributed by atoms with Crippen LogP contribution in [-0.4, -0.2) is 10.9 Å². The van der Waals surface area contributed by atoms with E-state index in [2.05, 4.69) is 10.3 Å². The molecule has 0 bridgehead atoms. The van der Waals surface area contributed by atoms with Crippen molar-refractivity contribution in [1.29, 1.82) is 0 Å². The Labute approximate surface area is 109 Å². The number of nitrogens with one attached hydrogen (secondary N) is 1. The number of amides is 1. The number of pyridine rings is 1. The van der Waals surface area contributed by atoms with E-state index < -0.39 is 5.82 Å². The molecule has 1 aromatic heterocycles. The molecule has 18 heavy (non-hydrogen) atoms. The summed E-state index contributed by atoms with van der Waals surface area (Å²) in [7, 11) is 0. The van der Waals surface area contributed by atoms with Gasteiger partial charge >= 0.3 is 0 Å². The topological polar surface area (TPSA) is 42.0 Å². The van der Waals surface area contributed by atoms with Crippen molar-refractivity contribution in [2.75, 3.05) is 0 Å². The molecule has 5 heteroatoms. The van der Waals surface area contributed by atoms with Crippen LogP contribution in [0.25, 0.3) is 0 Å². The summed E-state index contributed by atoms with van der Waals surface area (Å²) in [6.45, 7) is 0.0956. The Morgan fingerprint density at radius 1 is 1.33 bits per heavy atom. The molecule has 1 aromatic carbocycles. The predicted molar refractivity (Wildman–Crippen MR) is 66.8 cm³/mol. The van der Waals surface area contributed by atoms with E-state index in [-0.39, 0.29) is 12.5 Å². The van der Waals surface area contributed by atoms with Crippen LogP contribution in [0.1, 0.15) is 16.1 Å². The van der Waals surface area contributed by atoms with Crippen LogP contribution < -0.4 is 5.32 Å². The minimum Gasteiger partial charge on any atom is -0.347 e. The zero-order valence-electron chi connectivity index (χ0n) is 9.36. The van der Waals surface area contributed by atoms with Gasteiger partial charge in [0.25, 0.3) is 5.91 Å². The molecule has 0 aliphatic carbocycles. The minimum atomic E-state index is -0.441. The molecule has 0 saturated heterocycles. The molecule has 0 fully saturated rings. The van der Waals surface area contributed by atoms with Crippen LogP contribution in [0.15, 0.2) is 42.6 Å². The van der Waals surface area contributed by atoms with E-state index in [1.54, 1.807) is 24.3 Å². The molecule has 0 atom stereocenters. The lowest BCUT2D eigenvalue weighted by Crippen LogP contribution is -2.24. The minimum absolute atomic E-state index is 0.0956. The average Bonchev–Trinajstić information content (AvgIpc) is 2.38. The van der Waals surface area contributed by atoms with Crippen molar-refractivity contribution in [1.82, 2.24) is 10.3 Å². The van der Waals surface area contributed by atoms with Crippen LogP contribution in [0.2, 0.25) is 5.02 Å². The van der Waals surface area contributed by atoms with Gasteiger partial charge in [0.2, 0.25) is 0 Å². The van der Waals surface area contributed by atoms with Crippen LogP contribution >= 0.6 is 11.6 Å². The van der Waals surface area contributed by atoms with Crippen molar-refractivity contribution in [2.24, 2.45) is 0 Å². The average molecular weight is 265 g/mol. The first-order chi connectivity index (χ1) is 8.66. The van der Waals surface area contributed by atoms with Crippen molar-refractivity contribution in [2.45, 2.75) is 6.54 Å². The first kappa shape index (κ1) is 12.5. The highest BCUT2D eigenvalue weighted by molar-refractivity contribution is 6.30. The molecule has 0 saturated carbocycles. The lowest BCUT2D eigenvalue weighted by Gasteiger charge is -2.06. The number of aromatic nitrogens is 1. The van der Waals surface area contributed by atoms with E-state index >= 15 is 0 Å². The second kappa shape index (κ2) is 5.60. The van der Waals surface area contributed by atoms with Crippen molar-refractivity contribution >= 4 is 17.5 Å². The van der Waals surface area contributed by atoms with Gasteiger partial charge < -0.3 is 5.32 Å². The van der Waals surface area contributed by atoms with Crippen molar-refractivity contribution in [3.05, 3.63) is 64.7 Å². The van der Waals surface area contributed by atoms with E-state index in [9.17, 15) is 9.18 Å². The SMILES string of the molecule is O=C(NCc1ccc(Cl)cc1F)c1ccccn1. The third-order valence-corrected chi connectivity index (χ3v) is 2.59. The summed E-state index contributed by atoms with van der Waals surface area (Å²) in [6, 6.07) is 9.35. The Bertz CT molecular complexity index is 560. The Kier molecular flexibility index (Phi) is 3.89. The van der Waals surface area contributed by atoms with Gasteiger partial charge in [-0.15, -0.1) is 0 Å². The van der Waals surface area contributed by atoms with Crippen molar-refractivity contribution < 1.29 is 9.18 Å². The van der Waals surface area contributed by atoms with Crippen LogP contribution in [0.5, 0.6) is 0 Å². The van der Waals surface area contributed by atoms with Gasteiger partial charge in [0.1, 0.15) is 11.5 Å². The number of nitrogens with zero attached hydrogens (tertiary/aromatic N) is 1. The zero-order chi connectivity index (χ0) is 13.0. The van der Waals surface area contributed by atoms with Crippen molar-refractivity contribution in [3.63, 3.8) is 0 Å². The lowest BCUT2D eigenvalue weighted by atomic mass is 10.2. The molecule has 3 nitrogen and oxygen atoms in total. The molecule has 0 aliphatic rings. The number of halogens is 2. The number of benzene rings is 1. The summed E-state index contributed by atoms with van der Waals surface area (Å²) in [5, 5.41) is 2.92. The van der Waals surface area contributed by atoms with Gasteiger partial charge in [-0.3, -0.25) is 9.78 Å². The molecule has 0 aliphatic heterocycles. The number of carbonyl (C=O) groups is 1. The monoisotopic (exact) mass is 264 g/mol. The number of rotatable bonds is 3. The highest BCUT2D eigenvalue weighted by atomic mass is 35.5. The second-order valence-electron chi connectivity index (χ2n) is 3.63. The smallest absolute Gasteiger partial charge is 0.270 e. The van der Waals surface area contributed by atoms with E-state index in [4.69, 9.17) is 11.6 Å². The Morgan fingerprint density at radius 3 is 2.83 bits per heavy atom. The summed E-state index contributed by atoms with van der Waals surface area (Å²) >= 11 is 5.64. The molecular formula is C13H10ClFN2O. The summed E-state index contributed by atoms with van der Waals surface area (Å²) in [4.78, 5) is 15.6. The van der Waals surface area contributed by atoms with E-state index in [0.717, 1.165) is 0 Å². The molecule has 0 spiro atoms. The van der Waals surface area contributed by atoms with Gasteiger partial charge in [-0.2, -0.15) is 0 Å².